The fraction of sp³-hybridized carbons (Fsp3) is 0.706. The fourth-order valence-corrected chi connectivity index (χ4v) is 3.29. The normalized spacial score (nSPS) is 16.4. The first-order valence-corrected chi connectivity index (χ1v) is 8.61. The number of rotatable bonds is 4. The molecule has 0 saturated carbocycles. The van der Waals surface area contributed by atoms with Crippen LogP contribution in [0.2, 0.25) is 0 Å². The van der Waals surface area contributed by atoms with Gasteiger partial charge in [-0.1, -0.05) is 0 Å². The number of nitrogens with zero attached hydrogens (tertiary/aromatic N) is 4. The summed E-state index contributed by atoms with van der Waals surface area (Å²) < 4.78 is 1.92. The number of hydrogen-bond donors (Lipinski definition) is 2. The van der Waals surface area contributed by atoms with Crippen molar-refractivity contribution in [1.29, 1.82) is 0 Å². The van der Waals surface area contributed by atoms with E-state index >= 15 is 0 Å². The lowest BCUT2D eigenvalue weighted by Crippen LogP contribution is -2.45. The SMILES string of the molecule is CN=C(NCc1c(C)nn(C)c1C)N1CCC(CC(=O)NC)CC1. The van der Waals surface area contributed by atoms with Crippen LogP contribution < -0.4 is 10.6 Å². The van der Waals surface area contributed by atoms with Crippen molar-refractivity contribution in [2.24, 2.45) is 18.0 Å². The van der Waals surface area contributed by atoms with Crippen LogP contribution in [-0.4, -0.2) is 53.7 Å². The second-order valence-electron chi connectivity index (χ2n) is 6.48. The number of hydrogen-bond acceptors (Lipinski definition) is 3. The van der Waals surface area contributed by atoms with Crippen molar-refractivity contribution < 1.29 is 4.79 Å². The minimum atomic E-state index is 0.137. The average molecular weight is 334 g/mol. The third kappa shape index (κ3) is 4.27. The van der Waals surface area contributed by atoms with Gasteiger partial charge in [-0.3, -0.25) is 14.5 Å². The molecule has 7 heteroatoms. The summed E-state index contributed by atoms with van der Waals surface area (Å²) in [4.78, 5) is 18.2. The molecule has 2 N–H and O–H groups in total. The molecule has 1 fully saturated rings. The van der Waals surface area contributed by atoms with Crippen LogP contribution in [0.3, 0.4) is 0 Å². The van der Waals surface area contributed by atoms with Gasteiger partial charge in [-0.2, -0.15) is 5.10 Å². The minimum absolute atomic E-state index is 0.137. The molecule has 7 nitrogen and oxygen atoms in total. The summed E-state index contributed by atoms with van der Waals surface area (Å²) in [7, 11) is 5.49. The highest BCUT2D eigenvalue weighted by Crippen LogP contribution is 2.20. The molecule has 1 aliphatic heterocycles. The van der Waals surface area contributed by atoms with E-state index in [0.29, 0.717) is 12.3 Å². The van der Waals surface area contributed by atoms with Gasteiger partial charge < -0.3 is 15.5 Å². The van der Waals surface area contributed by atoms with Crippen LogP contribution in [0.4, 0.5) is 0 Å². The van der Waals surface area contributed by atoms with Crippen LogP contribution in [0.1, 0.15) is 36.2 Å². The van der Waals surface area contributed by atoms with Crippen molar-refractivity contribution in [1.82, 2.24) is 25.3 Å². The Morgan fingerprint density at radius 3 is 2.50 bits per heavy atom. The summed E-state index contributed by atoms with van der Waals surface area (Å²) in [5.41, 5.74) is 3.47. The molecule has 0 radical (unpaired) electrons. The van der Waals surface area contributed by atoms with E-state index in [2.05, 4.69) is 32.5 Å². The molecular weight excluding hydrogens is 304 g/mol. The first kappa shape index (κ1) is 18.3. The summed E-state index contributed by atoms with van der Waals surface area (Å²) in [6.07, 6.45) is 2.68. The largest absolute Gasteiger partial charge is 0.359 e. The predicted molar refractivity (Wildman–Crippen MR) is 95.9 cm³/mol. The molecule has 1 aromatic heterocycles. The zero-order valence-corrected chi connectivity index (χ0v) is 15.5. The molecule has 2 heterocycles. The fourth-order valence-electron chi connectivity index (χ4n) is 3.29. The maximum absolute atomic E-state index is 11.5. The third-order valence-electron chi connectivity index (χ3n) is 4.96. The predicted octanol–water partition coefficient (Wildman–Crippen LogP) is 0.960. The molecule has 1 aromatic rings. The second kappa shape index (κ2) is 8.17. The number of amides is 1. The van der Waals surface area contributed by atoms with Crippen LogP contribution in [-0.2, 0) is 18.4 Å². The van der Waals surface area contributed by atoms with E-state index < -0.39 is 0 Å². The van der Waals surface area contributed by atoms with Gasteiger partial charge in [0.05, 0.1) is 5.69 Å². The van der Waals surface area contributed by atoms with Crippen LogP contribution in [0.25, 0.3) is 0 Å². The van der Waals surface area contributed by atoms with E-state index in [4.69, 9.17) is 0 Å². The van der Waals surface area contributed by atoms with Crippen LogP contribution in [0.5, 0.6) is 0 Å². The Bertz CT molecular complexity index is 598. The van der Waals surface area contributed by atoms with Gasteiger partial charge in [0.25, 0.3) is 0 Å². The standard InChI is InChI=1S/C17H30N6O/c1-12-15(13(2)22(5)21-12)11-20-17(19-4)23-8-6-14(7-9-23)10-16(24)18-3/h14H,6-11H2,1-5H3,(H,18,24)(H,19,20). The lowest BCUT2D eigenvalue weighted by Gasteiger charge is -2.34. The van der Waals surface area contributed by atoms with Crippen LogP contribution in [0.15, 0.2) is 4.99 Å². The maximum atomic E-state index is 11.5. The molecule has 134 valence electrons. The monoisotopic (exact) mass is 334 g/mol. The quantitative estimate of drug-likeness (QED) is 0.635. The molecule has 0 aromatic carbocycles. The molecule has 0 spiro atoms. The lowest BCUT2D eigenvalue weighted by molar-refractivity contribution is -0.121. The topological polar surface area (TPSA) is 74.5 Å². The molecule has 0 bridgehead atoms. The van der Waals surface area contributed by atoms with E-state index in [9.17, 15) is 4.79 Å². The van der Waals surface area contributed by atoms with Crippen molar-refractivity contribution >= 4 is 11.9 Å². The summed E-state index contributed by atoms with van der Waals surface area (Å²) in [5, 5.41) is 10.6. The summed E-state index contributed by atoms with van der Waals surface area (Å²) in [6.45, 7) is 6.73. The van der Waals surface area contributed by atoms with Crippen LogP contribution in [0, 0.1) is 19.8 Å². The Hall–Kier alpha value is -2.05. The Morgan fingerprint density at radius 2 is 2.00 bits per heavy atom. The number of nitrogens with one attached hydrogen (secondary N) is 2. The first-order chi connectivity index (χ1) is 11.5. The van der Waals surface area contributed by atoms with Crippen molar-refractivity contribution in [3.05, 3.63) is 17.0 Å². The van der Waals surface area contributed by atoms with E-state index in [1.807, 2.05) is 25.7 Å². The summed E-state index contributed by atoms with van der Waals surface area (Å²) in [6, 6.07) is 0. The Labute approximate surface area is 144 Å². The van der Waals surface area contributed by atoms with Crippen molar-refractivity contribution in [3.63, 3.8) is 0 Å². The molecule has 0 aliphatic carbocycles. The van der Waals surface area contributed by atoms with Gasteiger partial charge in [-0.25, -0.2) is 0 Å². The van der Waals surface area contributed by atoms with Gasteiger partial charge in [0.1, 0.15) is 0 Å². The third-order valence-corrected chi connectivity index (χ3v) is 4.96. The Kier molecular flexibility index (Phi) is 6.23. The summed E-state index contributed by atoms with van der Waals surface area (Å²) in [5.74, 6) is 1.54. The average Bonchev–Trinajstić information content (AvgIpc) is 2.82. The lowest BCUT2D eigenvalue weighted by atomic mass is 9.93. The van der Waals surface area contributed by atoms with Crippen molar-refractivity contribution in [3.8, 4) is 0 Å². The molecule has 1 saturated heterocycles. The summed E-state index contributed by atoms with van der Waals surface area (Å²) >= 11 is 0. The number of piperidine rings is 1. The van der Waals surface area contributed by atoms with E-state index in [0.717, 1.165) is 44.1 Å². The molecule has 2 rings (SSSR count). The van der Waals surface area contributed by atoms with Gasteiger partial charge in [0.2, 0.25) is 5.91 Å². The van der Waals surface area contributed by atoms with E-state index in [-0.39, 0.29) is 5.91 Å². The number of carbonyl (C=O) groups is 1. The maximum Gasteiger partial charge on any atom is 0.220 e. The highest BCUT2D eigenvalue weighted by atomic mass is 16.1. The zero-order valence-electron chi connectivity index (χ0n) is 15.5. The number of aromatic nitrogens is 2. The number of carbonyl (C=O) groups excluding carboxylic acids is 1. The Morgan fingerprint density at radius 1 is 1.33 bits per heavy atom. The number of aryl methyl sites for hydroxylation is 2. The molecular formula is C17H30N6O. The van der Waals surface area contributed by atoms with Gasteiger partial charge >= 0.3 is 0 Å². The first-order valence-electron chi connectivity index (χ1n) is 8.61. The highest BCUT2D eigenvalue weighted by molar-refractivity contribution is 5.80. The van der Waals surface area contributed by atoms with Gasteiger partial charge in [-0.05, 0) is 32.6 Å². The second-order valence-corrected chi connectivity index (χ2v) is 6.48. The highest BCUT2D eigenvalue weighted by Gasteiger charge is 2.23. The minimum Gasteiger partial charge on any atom is -0.359 e. The number of aliphatic imine (C=N–C) groups is 1. The molecule has 24 heavy (non-hydrogen) atoms. The molecule has 1 aliphatic rings. The van der Waals surface area contributed by atoms with Gasteiger partial charge in [0, 0.05) is 58.5 Å². The number of guanidine groups is 1. The van der Waals surface area contributed by atoms with E-state index in [1.54, 1.807) is 7.05 Å². The van der Waals surface area contributed by atoms with Crippen LogP contribution >= 0.6 is 0 Å². The van der Waals surface area contributed by atoms with Gasteiger partial charge in [0.15, 0.2) is 5.96 Å². The Balaban J connectivity index is 1.88. The molecule has 1 amide bonds. The van der Waals surface area contributed by atoms with Gasteiger partial charge in [-0.15, -0.1) is 0 Å². The molecule has 0 unspecified atom stereocenters. The van der Waals surface area contributed by atoms with Crippen molar-refractivity contribution in [2.75, 3.05) is 27.2 Å². The van der Waals surface area contributed by atoms with E-state index in [1.165, 1.54) is 11.3 Å². The van der Waals surface area contributed by atoms with Crippen molar-refractivity contribution in [2.45, 2.75) is 39.7 Å². The molecule has 0 atom stereocenters. The zero-order chi connectivity index (χ0) is 17.7. The smallest absolute Gasteiger partial charge is 0.220 e. The number of likely N-dealkylation sites (tertiary alicyclic amines) is 1.